The van der Waals surface area contributed by atoms with Crippen LogP contribution < -0.4 is 20.1 Å². The maximum Gasteiger partial charge on any atom is 0.281 e. The zero-order chi connectivity index (χ0) is 27.8. The van der Waals surface area contributed by atoms with E-state index in [9.17, 15) is 13.2 Å². The topological polar surface area (TPSA) is 140 Å². The quantitative estimate of drug-likeness (QED) is 0.457. The summed E-state index contributed by atoms with van der Waals surface area (Å²) in [4.78, 5) is 28.8. The highest BCUT2D eigenvalue weighted by Crippen LogP contribution is 2.38. The first-order chi connectivity index (χ1) is 17.7. The van der Waals surface area contributed by atoms with Crippen molar-refractivity contribution < 1.29 is 17.9 Å². The molecule has 0 aliphatic carbocycles. The molecule has 3 aromatic rings. The Kier molecular flexibility index (Phi) is 7.33. The van der Waals surface area contributed by atoms with Crippen LogP contribution in [0.5, 0.6) is 5.88 Å². The van der Waals surface area contributed by atoms with Crippen molar-refractivity contribution in [1.82, 2.24) is 19.7 Å². The number of hydrogen-bond acceptors (Lipinski definition) is 9. The Hall–Kier alpha value is -3.73. The number of nitrogens with two attached hydrogens (primary N) is 1. The molecule has 10 nitrogen and oxygen atoms in total. The van der Waals surface area contributed by atoms with Gasteiger partial charge in [0.2, 0.25) is 5.88 Å². The lowest BCUT2D eigenvalue weighted by Crippen LogP contribution is -2.41. The largest absolute Gasteiger partial charge is 0.475 e. The molecule has 0 unspecified atom stereocenters. The summed E-state index contributed by atoms with van der Waals surface area (Å²) in [5.41, 5.74) is 7.57. The van der Waals surface area contributed by atoms with Gasteiger partial charge in [-0.05, 0) is 82.9 Å². The van der Waals surface area contributed by atoms with Crippen LogP contribution in [0.15, 0.2) is 47.5 Å². The normalized spacial score (nSPS) is 17.0. The zero-order valence-corrected chi connectivity index (χ0v) is 23.3. The molecule has 0 saturated carbocycles. The lowest BCUT2D eigenvalue weighted by molar-refractivity contribution is 0.0981. The van der Waals surface area contributed by atoms with Crippen molar-refractivity contribution in [3.8, 4) is 17.3 Å². The molecule has 11 heteroatoms. The van der Waals surface area contributed by atoms with E-state index in [0.717, 1.165) is 12.0 Å². The second-order valence-electron chi connectivity index (χ2n) is 10.7. The molecule has 3 N–H and O–H groups in total. The molecule has 4 rings (SSSR count). The van der Waals surface area contributed by atoms with Gasteiger partial charge in [0.25, 0.3) is 15.9 Å². The minimum atomic E-state index is -4.26. The highest BCUT2D eigenvalue weighted by Gasteiger charge is 2.39. The number of aromatic nitrogens is 3. The van der Waals surface area contributed by atoms with Gasteiger partial charge < -0.3 is 15.4 Å². The summed E-state index contributed by atoms with van der Waals surface area (Å²) in [5.74, 6) is 0.455. The van der Waals surface area contributed by atoms with E-state index in [1.54, 1.807) is 12.1 Å². The lowest BCUT2D eigenvalue weighted by atomic mass is 9.97. The molecule has 4 heterocycles. The maximum atomic E-state index is 13.4. The number of pyridine rings is 3. The summed E-state index contributed by atoms with van der Waals surface area (Å²) in [6, 6.07) is 11.2. The third kappa shape index (κ3) is 5.88. The summed E-state index contributed by atoms with van der Waals surface area (Å²) < 4.78 is 33.8. The highest BCUT2D eigenvalue weighted by atomic mass is 32.2. The van der Waals surface area contributed by atoms with Gasteiger partial charge in [0.05, 0.1) is 23.1 Å². The molecule has 0 aromatic carbocycles. The summed E-state index contributed by atoms with van der Waals surface area (Å²) >= 11 is 0. The predicted octanol–water partition coefficient (Wildman–Crippen LogP) is 3.96. The van der Waals surface area contributed by atoms with Crippen molar-refractivity contribution in [1.29, 1.82) is 0 Å². The highest BCUT2D eigenvalue weighted by molar-refractivity contribution is 7.90. The van der Waals surface area contributed by atoms with E-state index in [1.807, 2.05) is 32.9 Å². The summed E-state index contributed by atoms with van der Waals surface area (Å²) in [6.45, 7) is 12.8. The van der Waals surface area contributed by atoms with Gasteiger partial charge in [-0.25, -0.2) is 19.7 Å². The summed E-state index contributed by atoms with van der Waals surface area (Å²) in [5, 5.41) is -0.339. The van der Waals surface area contributed by atoms with Crippen molar-refractivity contribution in [2.45, 2.75) is 64.6 Å². The molecule has 1 fully saturated rings. The van der Waals surface area contributed by atoms with Gasteiger partial charge in [0.15, 0.2) is 5.03 Å². The van der Waals surface area contributed by atoms with E-state index in [1.165, 1.54) is 18.2 Å². The van der Waals surface area contributed by atoms with Crippen LogP contribution in [0.1, 0.15) is 57.0 Å². The number of nitrogen functional groups attached to an aromatic ring is 1. The first-order valence-electron chi connectivity index (χ1n) is 12.5. The standard InChI is InChI=1S/C27H34N6O4S/c1-16(2)37-23-13-17(3)12-21(29-23)20-11-10-19(25(30-20)33-15-18(4)14-27(33,5)6)26(34)32-38(35,36)24-9-7-8-22(28)31-24/h7-13,16,18H,14-15H2,1-6H3,(H2,28,31)(H,32,34)/t18-/m0/s1. The molecule has 0 radical (unpaired) electrons. The average molecular weight is 539 g/mol. The van der Waals surface area contributed by atoms with E-state index in [2.05, 4.69) is 40.4 Å². The molecule has 1 amide bonds. The van der Waals surface area contributed by atoms with Gasteiger partial charge in [-0.2, -0.15) is 8.42 Å². The van der Waals surface area contributed by atoms with Crippen molar-refractivity contribution in [2.24, 2.45) is 5.92 Å². The number of sulfonamides is 1. The first kappa shape index (κ1) is 27.3. The molecule has 3 aromatic heterocycles. The number of aryl methyl sites for hydroxylation is 1. The van der Waals surface area contributed by atoms with Crippen LogP contribution in [0.4, 0.5) is 11.6 Å². The van der Waals surface area contributed by atoms with Gasteiger partial charge in [-0.3, -0.25) is 4.79 Å². The van der Waals surface area contributed by atoms with Gasteiger partial charge >= 0.3 is 0 Å². The number of rotatable bonds is 7. The fourth-order valence-electron chi connectivity index (χ4n) is 4.81. The number of ether oxygens (including phenoxy) is 1. The molecular weight excluding hydrogens is 504 g/mol. The van der Waals surface area contributed by atoms with Crippen molar-refractivity contribution in [3.63, 3.8) is 0 Å². The SMILES string of the molecule is Cc1cc(OC(C)C)nc(-c2ccc(C(=O)NS(=O)(=O)c3cccc(N)n3)c(N3C[C@@H](C)CC3(C)C)n2)c1. The Labute approximate surface area is 223 Å². The second-order valence-corrected chi connectivity index (χ2v) is 12.3. The van der Waals surface area contributed by atoms with Crippen LogP contribution in [0, 0.1) is 12.8 Å². The monoisotopic (exact) mass is 538 g/mol. The molecule has 0 spiro atoms. The Bertz CT molecular complexity index is 1470. The number of anilines is 2. The van der Waals surface area contributed by atoms with Crippen LogP contribution in [-0.4, -0.2) is 47.5 Å². The third-order valence-corrected chi connectivity index (χ3v) is 7.49. The van der Waals surface area contributed by atoms with Crippen LogP contribution in [0.2, 0.25) is 0 Å². The van der Waals surface area contributed by atoms with E-state index >= 15 is 0 Å². The number of hydrogen-bond donors (Lipinski definition) is 2. The molecule has 202 valence electrons. The van der Waals surface area contributed by atoms with Gasteiger partial charge in [-0.15, -0.1) is 0 Å². The van der Waals surface area contributed by atoms with Crippen LogP contribution >= 0.6 is 0 Å². The van der Waals surface area contributed by atoms with E-state index < -0.39 is 15.9 Å². The number of carbonyl (C=O) groups excluding carboxylic acids is 1. The Morgan fingerprint density at radius 2 is 1.87 bits per heavy atom. The Balaban J connectivity index is 1.79. The van der Waals surface area contributed by atoms with Crippen molar-refractivity contribution in [3.05, 3.63) is 53.6 Å². The molecule has 0 bridgehead atoms. The summed E-state index contributed by atoms with van der Waals surface area (Å²) in [7, 11) is -4.26. The fourth-order valence-corrected chi connectivity index (χ4v) is 5.75. The fraction of sp³-hybridized carbons (Fsp3) is 0.407. The summed E-state index contributed by atoms with van der Waals surface area (Å²) in [6.07, 6.45) is 0.843. The Morgan fingerprint density at radius 3 is 2.50 bits per heavy atom. The van der Waals surface area contributed by atoms with E-state index in [-0.39, 0.29) is 28.1 Å². The number of carbonyl (C=O) groups is 1. The predicted molar refractivity (Wildman–Crippen MR) is 146 cm³/mol. The molecule has 1 saturated heterocycles. The maximum absolute atomic E-state index is 13.4. The number of amides is 1. The van der Waals surface area contributed by atoms with Gasteiger partial charge in [0, 0.05) is 18.2 Å². The smallest absolute Gasteiger partial charge is 0.281 e. The minimum absolute atomic E-state index is 0.0336. The molecule has 1 atom stereocenters. The van der Waals surface area contributed by atoms with Crippen molar-refractivity contribution in [2.75, 3.05) is 17.2 Å². The second kappa shape index (κ2) is 10.2. The van der Waals surface area contributed by atoms with E-state index in [4.69, 9.17) is 15.5 Å². The van der Waals surface area contributed by atoms with Crippen LogP contribution in [0.3, 0.4) is 0 Å². The first-order valence-corrected chi connectivity index (χ1v) is 14.0. The Morgan fingerprint density at radius 1 is 1.13 bits per heavy atom. The molecule has 1 aliphatic rings. The van der Waals surface area contributed by atoms with Gasteiger partial charge in [-0.1, -0.05) is 13.0 Å². The van der Waals surface area contributed by atoms with Crippen LogP contribution in [-0.2, 0) is 10.0 Å². The minimum Gasteiger partial charge on any atom is -0.475 e. The zero-order valence-electron chi connectivity index (χ0n) is 22.5. The number of nitrogens with zero attached hydrogens (tertiary/aromatic N) is 4. The third-order valence-electron chi connectivity index (χ3n) is 6.26. The molecular formula is C27H34N6O4S. The molecule has 38 heavy (non-hydrogen) atoms. The van der Waals surface area contributed by atoms with E-state index in [0.29, 0.717) is 35.5 Å². The van der Waals surface area contributed by atoms with Crippen molar-refractivity contribution >= 4 is 27.6 Å². The number of nitrogens with one attached hydrogen (secondary N) is 1. The molecule has 1 aliphatic heterocycles. The van der Waals surface area contributed by atoms with Gasteiger partial charge in [0.1, 0.15) is 11.6 Å². The van der Waals surface area contributed by atoms with Crippen LogP contribution in [0.25, 0.3) is 11.4 Å². The average Bonchev–Trinajstić information content (AvgIpc) is 3.09. The lowest BCUT2D eigenvalue weighted by Gasteiger charge is -2.34.